The second-order valence-electron chi connectivity index (χ2n) is 6.11. The predicted octanol–water partition coefficient (Wildman–Crippen LogP) is 2.60. The average Bonchev–Trinajstić information content (AvgIpc) is 2.54. The molecule has 0 aromatic carbocycles. The van der Waals surface area contributed by atoms with E-state index in [0.717, 1.165) is 0 Å². The van der Waals surface area contributed by atoms with Crippen molar-refractivity contribution in [1.29, 1.82) is 0 Å². The first-order chi connectivity index (χ1) is 9.90. The minimum Gasteiger partial charge on any atom is -0.202 e. The van der Waals surface area contributed by atoms with Crippen molar-refractivity contribution in [3.8, 4) is 11.1 Å². The summed E-state index contributed by atoms with van der Waals surface area (Å²) in [5.74, 6) is 0. The van der Waals surface area contributed by atoms with Crippen molar-refractivity contribution in [2.24, 2.45) is 0 Å². The molecule has 0 aliphatic carbocycles. The van der Waals surface area contributed by atoms with Crippen LogP contribution in [-0.2, 0) is 25.9 Å². The molecule has 0 bridgehead atoms. The molecular weight excluding hydrogens is 244 g/mol. The summed E-state index contributed by atoms with van der Waals surface area (Å²) >= 11 is 0. The molecule has 0 spiro atoms. The second-order valence-corrected chi connectivity index (χ2v) is 6.11. The van der Waals surface area contributed by atoms with Crippen LogP contribution in [0.2, 0.25) is 0 Å². The quantitative estimate of drug-likeness (QED) is 0.701. The second kappa shape index (κ2) is 5.01. The van der Waals surface area contributed by atoms with E-state index >= 15 is 0 Å². The van der Waals surface area contributed by atoms with E-state index in [1.807, 2.05) is 0 Å². The van der Waals surface area contributed by atoms with Crippen LogP contribution >= 0.6 is 0 Å². The van der Waals surface area contributed by atoms with Crippen molar-refractivity contribution < 1.29 is 9.13 Å². The maximum Gasteiger partial charge on any atom is 0.181 e. The van der Waals surface area contributed by atoms with E-state index in [0.29, 0.717) is 0 Å². The fraction of sp³-hybridized carbons (Fsp3) is 0.444. The maximum absolute atomic E-state index is 2.42. The number of fused-ring (bicyclic) bond motifs is 2. The fourth-order valence-corrected chi connectivity index (χ4v) is 3.56. The lowest BCUT2D eigenvalue weighted by Crippen LogP contribution is -2.41. The summed E-state index contributed by atoms with van der Waals surface area (Å²) in [6, 6.07) is 9.36. The van der Waals surface area contributed by atoms with E-state index in [9.17, 15) is 0 Å². The Kier molecular flexibility index (Phi) is 3.02. The Balaban J connectivity index is 1.73. The Morgan fingerprint density at radius 3 is 1.65 bits per heavy atom. The number of rotatable bonds is 1. The average molecular weight is 266 g/mol. The third-order valence-corrected chi connectivity index (χ3v) is 4.75. The molecule has 2 aliphatic rings. The van der Waals surface area contributed by atoms with Gasteiger partial charge in [0.2, 0.25) is 0 Å². The lowest BCUT2D eigenvalue weighted by atomic mass is 10.00. The normalized spacial score (nSPS) is 17.4. The van der Waals surface area contributed by atoms with E-state index < -0.39 is 0 Å². The molecule has 0 amide bonds. The predicted molar refractivity (Wildman–Crippen MR) is 78.1 cm³/mol. The van der Waals surface area contributed by atoms with Gasteiger partial charge in [-0.05, 0) is 24.0 Å². The summed E-state index contributed by atoms with van der Waals surface area (Å²) in [7, 11) is 0. The number of pyridine rings is 2. The van der Waals surface area contributed by atoms with Crippen molar-refractivity contribution in [2.75, 3.05) is 0 Å². The van der Waals surface area contributed by atoms with E-state index in [2.05, 4.69) is 45.8 Å². The Morgan fingerprint density at radius 2 is 1.15 bits per heavy atom. The highest BCUT2D eigenvalue weighted by molar-refractivity contribution is 5.62. The third-order valence-electron chi connectivity index (χ3n) is 4.75. The molecule has 4 rings (SSSR count). The molecule has 20 heavy (non-hydrogen) atoms. The lowest BCUT2D eigenvalue weighted by molar-refractivity contribution is -0.709. The Morgan fingerprint density at radius 1 is 0.650 bits per heavy atom. The van der Waals surface area contributed by atoms with Crippen LogP contribution in [0.3, 0.4) is 0 Å². The van der Waals surface area contributed by atoms with Crippen molar-refractivity contribution in [2.45, 2.75) is 51.6 Å². The minimum atomic E-state index is 1.19. The zero-order valence-corrected chi connectivity index (χ0v) is 12.0. The highest BCUT2D eigenvalue weighted by Gasteiger charge is 2.19. The number of hydrogen-bond donors (Lipinski definition) is 0. The van der Waals surface area contributed by atoms with Crippen LogP contribution in [0.1, 0.15) is 37.1 Å². The van der Waals surface area contributed by atoms with E-state index in [4.69, 9.17) is 0 Å². The van der Waals surface area contributed by atoms with Gasteiger partial charge in [0.15, 0.2) is 23.8 Å². The standard InChI is InChI=1S/C18H22N2/c1-3-9-19-11-7-15(13-17(19)5-1)16-8-12-20-10-4-2-6-18(20)14-16/h7-8,11-14H,1-6,9-10H2/q+2. The van der Waals surface area contributed by atoms with Crippen molar-refractivity contribution in [1.82, 2.24) is 0 Å². The molecule has 2 nitrogen and oxygen atoms in total. The molecule has 0 radical (unpaired) electrons. The van der Waals surface area contributed by atoms with Gasteiger partial charge in [-0.25, -0.2) is 9.13 Å². The van der Waals surface area contributed by atoms with Crippen LogP contribution in [0.4, 0.5) is 0 Å². The zero-order valence-electron chi connectivity index (χ0n) is 12.0. The van der Waals surface area contributed by atoms with Crippen molar-refractivity contribution in [3.63, 3.8) is 0 Å². The number of aromatic nitrogens is 2. The summed E-state index contributed by atoms with van der Waals surface area (Å²) in [6.07, 6.45) is 12.3. The fourth-order valence-electron chi connectivity index (χ4n) is 3.56. The number of hydrogen-bond acceptors (Lipinski definition) is 0. The van der Waals surface area contributed by atoms with Crippen LogP contribution in [0, 0.1) is 0 Å². The van der Waals surface area contributed by atoms with Gasteiger partial charge < -0.3 is 0 Å². The Labute approximate surface area is 120 Å². The first-order valence-corrected chi connectivity index (χ1v) is 7.95. The number of aryl methyl sites for hydroxylation is 4. The van der Waals surface area contributed by atoms with Gasteiger partial charge >= 0.3 is 0 Å². The maximum atomic E-state index is 2.42. The minimum absolute atomic E-state index is 1.19. The van der Waals surface area contributed by atoms with Gasteiger partial charge in [-0.1, -0.05) is 0 Å². The summed E-state index contributed by atoms with van der Waals surface area (Å²) in [6.45, 7) is 2.38. The molecule has 102 valence electrons. The zero-order chi connectivity index (χ0) is 13.4. The van der Waals surface area contributed by atoms with Gasteiger partial charge in [0.1, 0.15) is 13.1 Å². The van der Waals surface area contributed by atoms with Crippen molar-refractivity contribution in [3.05, 3.63) is 48.0 Å². The van der Waals surface area contributed by atoms with Crippen LogP contribution < -0.4 is 9.13 Å². The molecule has 0 atom stereocenters. The van der Waals surface area contributed by atoms with Gasteiger partial charge in [0.05, 0.1) is 0 Å². The van der Waals surface area contributed by atoms with Gasteiger partial charge in [-0.15, -0.1) is 0 Å². The first-order valence-electron chi connectivity index (χ1n) is 7.95. The van der Waals surface area contributed by atoms with Gasteiger partial charge in [-0.2, -0.15) is 0 Å². The highest BCUT2D eigenvalue weighted by atomic mass is 15.0. The molecule has 2 aliphatic heterocycles. The molecule has 2 heteroatoms. The summed E-state index contributed by atoms with van der Waals surface area (Å²) in [4.78, 5) is 0. The number of nitrogens with zero attached hydrogens (tertiary/aromatic N) is 2. The summed E-state index contributed by atoms with van der Waals surface area (Å²) in [5.41, 5.74) is 5.76. The summed E-state index contributed by atoms with van der Waals surface area (Å²) in [5, 5.41) is 0. The highest BCUT2D eigenvalue weighted by Crippen LogP contribution is 2.22. The van der Waals surface area contributed by atoms with Crippen LogP contribution in [0.25, 0.3) is 11.1 Å². The smallest absolute Gasteiger partial charge is 0.181 e. The molecule has 4 heterocycles. The van der Waals surface area contributed by atoms with E-state index in [1.165, 1.54) is 74.1 Å². The molecule has 0 saturated carbocycles. The molecule has 0 saturated heterocycles. The van der Waals surface area contributed by atoms with Gasteiger partial charge in [0.25, 0.3) is 0 Å². The summed E-state index contributed by atoms with van der Waals surface area (Å²) < 4.78 is 4.83. The third kappa shape index (κ3) is 2.13. The monoisotopic (exact) mass is 266 g/mol. The molecular formula is C18H22N2+2. The topological polar surface area (TPSA) is 7.76 Å². The molecule has 0 fully saturated rings. The largest absolute Gasteiger partial charge is 0.202 e. The molecule has 0 N–H and O–H groups in total. The Hall–Kier alpha value is -1.70. The molecule has 2 aromatic heterocycles. The first kappa shape index (κ1) is 12.1. The van der Waals surface area contributed by atoms with Crippen LogP contribution in [-0.4, -0.2) is 0 Å². The van der Waals surface area contributed by atoms with Crippen molar-refractivity contribution >= 4 is 0 Å². The van der Waals surface area contributed by atoms with E-state index in [1.54, 1.807) is 0 Å². The van der Waals surface area contributed by atoms with Crippen LogP contribution in [0.5, 0.6) is 0 Å². The molecule has 0 unspecified atom stereocenters. The lowest BCUT2D eigenvalue weighted by Gasteiger charge is -2.13. The molecule has 2 aromatic rings. The van der Waals surface area contributed by atoms with Crippen LogP contribution in [0.15, 0.2) is 36.7 Å². The SMILES string of the molecule is c1c[n+]2c(cc1-c1cc[n+]3c(c1)CCCC3)CCCC2. The van der Waals surface area contributed by atoms with Gasteiger partial charge in [-0.3, -0.25) is 0 Å². The Bertz CT molecular complexity index is 588. The van der Waals surface area contributed by atoms with Gasteiger partial charge in [0, 0.05) is 49.9 Å². The van der Waals surface area contributed by atoms with E-state index in [-0.39, 0.29) is 0 Å².